The molecule has 8 heteroatoms. The Morgan fingerprint density at radius 2 is 2.24 bits per heavy atom. The van der Waals surface area contributed by atoms with Crippen LogP contribution in [0.2, 0.25) is 0 Å². The quantitative estimate of drug-likeness (QED) is 0.289. The summed E-state index contributed by atoms with van der Waals surface area (Å²) in [6.07, 6.45) is 3.45. The molecule has 130 valence electrons. The molecule has 0 saturated carbocycles. The van der Waals surface area contributed by atoms with Gasteiger partial charge in [0.25, 0.3) is 5.56 Å². The number of halogens is 1. The molecule has 0 unspecified atom stereocenters. The molecule has 0 atom stereocenters. The number of thioether (sulfide) groups is 1. The molecule has 0 bridgehead atoms. The van der Waals surface area contributed by atoms with Crippen molar-refractivity contribution in [3.63, 3.8) is 0 Å². The van der Waals surface area contributed by atoms with Crippen molar-refractivity contribution in [2.45, 2.75) is 12.1 Å². The van der Waals surface area contributed by atoms with Gasteiger partial charge in [0.1, 0.15) is 18.2 Å². The Morgan fingerprint density at radius 1 is 1.48 bits per heavy atom. The molecule has 0 aliphatic heterocycles. The number of aromatic amines is 1. The van der Waals surface area contributed by atoms with Gasteiger partial charge in [-0.25, -0.2) is 4.98 Å². The highest BCUT2D eigenvalue weighted by Crippen LogP contribution is 2.37. The van der Waals surface area contributed by atoms with Crippen molar-refractivity contribution in [2.24, 2.45) is 0 Å². The van der Waals surface area contributed by atoms with E-state index in [0.717, 1.165) is 3.57 Å². The highest BCUT2D eigenvalue weighted by molar-refractivity contribution is 14.1. The fourth-order valence-electron chi connectivity index (χ4n) is 2.11. The summed E-state index contributed by atoms with van der Waals surface area (Å²) in [5.41, 5.74) is 0.453. The second kappa shape index (κ2) is 8.92. The summed E-state index contributed by atoms with van der Waals surface area (Å²) in [6.45, 7) is 6.31. The first-order valence-corrected chi connectivity index (χ1v) is 9.64. The molecule has 25 heavy (non-hydrogen) atoms. The number of nitriles is 1. The number of hydrogen-bond donors (Lipinski definition) is 1. The molecule has 0 fully saturated rings. The molecule has 0 aliphatic carbocycles. The predicted molar refractivity (Wildman–Crippen MR) is 106 cm³/mol. The van der Waals surface area contributed by atoms with Crippen LogP contribution in [0.4, 0.5) is 0 Å². The van der Waals surface area contributed by atoms with Crippen LogP contribution in [0, 0.1) is 14.9 Å². The summed E-state index contributed by atoms with van der Waals surface area (Å²) >= 11 is 3.43. The van der Waals surface area contributed by atoms with Crippen molar-refractivity contribution in [1.82, 2.24) is 9.97 Å². The molecule has 6 nitrogen and oxygen atoms in total. The maximum Gasteiger partial charge on any atom is 0.270 e. The Balaban J connectivity index is 2.68. The Morgan fingerprint density at radius 3 is 2.84 bits per heavy atom. The molecule has 1 aromatic carbocycles. The van der Waals surface area contributed by atoms with E-state index in [2.05, 4.69) is 39.1 Å². The first-order valence-electron chi connectivity index (χ1n) is 7.34. The first kappa shape index (κ1) is 19.3. The minimum absolute atomic E-state index is 0.0317. The summed E-state index contributed by atoms with van der Waals surface area (Å²) in [5.74, 6) is 1.13. The van der Waals surface area contributed by atoms with Crippen LogP contribution in [0.15, 0.2) is 34.7 Å². The highest BCUT2D eigenvalue weighted by Gasteiger charge is 2.18. The van der Waals surface area contributed by atoms with Gasteiger partial charge in [-0.1, -0.05) is 24.4 Å². The van der Waals surface area contributed by atoms with Crippen molar-refractivity contribution >= 4 is 34.4 Å². The van der Waals surface area contributed by atoms with Crippen LogP contribution in [-0.4, -0.2) is 29.4 Å². The fraction of sp³-hybridized carbons (Fsp3) is 0.235. The van der Waals surface area contributed by atoms with Crippen LogP contribution in [0.25, 0.3) is 11.3 Å². The van der Waals surface area contributed by atoms with Crippen LogP contribution in [0.3, 0.4) is 0 Å². The zero-order valence-corrected chi connectivity index (χ0v) is 16.7. The van der Waals surface area contributed by atoms with E-state index in [4.69, 9.17) is 9.47 Å². The molecule has 2 rings (SSSR count). The third-order valence-electron chi connectivity index (χ3n) is 3.13. The monoisotopic (exact) mass is 469 g/mol. The highest BCUT2D eigenvalue weighted by atomic mass is 127. The molecule has 1 aromatic heterocycles. The van der Waals surface area contributed by atoms with E-state index in [-0.39, 0.29) is 5.56 Å². The molecule has 0 saturated heterocycles. The van der Waals surface area contributed by atoms with E-state index in [1.165, 1.54) is 11.8 Å². The Kier molecular flexibility index (Phi) is 6.90. The van der Waals surface area contributed by atoms with Gasteiger partial charge in [0.05, 0.1) is 15.9 Å². The van der Waals surface area contributed by atoms with Crippen LogP contribution in [-0.2, 0) is 0 Å². The minimum Gasteiger partial charge on any atom is -0.490 e. The summed E-state index contributed by atoms with van der Waals surface area (Å²) < 4.78 is 12.1. The zero-order valence-electron chi connectivity index (χ0n) is 13.8. The van der Waals surface area contributed by atoms with Crippen LogP contribution < -0.4 is 15.0 Å². The van der Waals surface area contributed by atoms with E-state index < -0.39 is 5.56 Å². The molecule has 0 aliphatic rings. The van der Waals surface area contributed by atoms with Gasteiger partial charge in [-0.05, 0) is 47.9 Å². The van der Waals surface area contributed by atoms with Gasteiger partial charge in [0.2, 0.25) is 0 Å². The van der Waals surface area contributed by atoms with Crippen molar-refractivity contribution in [3.8, 4) is 28.8 Å². The average molecular weight is 469 g/mol. The third kappa shape index (κ3) is 4.35. The number of nitrogens with zero attached hydrogens (tertiary/aromatic N) is 2. The molecule has 0 radical (unpaired) electrons. The average Bonchev–Trinajstić information content (AvgIpc) is 2.60. The third-order valence-corrected chi connectivity index (χ3v) is 4.51. The number of hydrogen-bond acceptors (Lipinski definition) is 6. The smallest absolute Gasteiger partial charge is 0.270 e. The normalized spacial score (nSPS) is 10.2. The second-order valence-electron chi connectivity index (χ2n) is 4.73. The summed E-state index contributed by atoms with van der Waals surface area (Å²) in [5, 5.41) is 9.79. The van der Waals surface area contributed by atoms with Gasteiger partial charge in [-0.15, -0.1) is 0 Å². The van der Waals surface area contributed by atoms with Gasteiger partial charge >= 0.3 is 0 Å². The molecule has 0 spiro atoms. The Labute approximate surface area is 163 Å². The number of nitrogens with one attached hydrogen (secondary N) is 1. The summed E-state index contributed by atoms with van der Waals surface area (Å²) in [6, 6.07) is 5.48. The van der Waals surface area contributed by atoms with E-state index in [0.29, 0.717) is 41.1 Å². The van der Waals surface area contributed by atoms with Gasteiger partial charge < -0.3 is 14.5 Å². The topological polar surface area (TPSA) is 88.0 Å². The lowest BCUT2D eigenvalue weighted by atomic mass is 10.1. The van der Waals surface area contributed by atoms with Crippen LogP contribution >= 0.6 is 34.4 Å². The van der Waals surface area contributed by atoms with Crippen molar-refractivity contribution < 1.29 is 9.47 Å². The van der Waals surface area contributed by atoms with E-state index in [9.17, 15) is 10.1 Å². The number of aromatic nitrogens is 2. The largest absolute Gasteiger partial charge is 0.490 e. The van der Waals surface area contributed by atoms with E-state index >= 15 is 0 Å². The molecular weight excluding hydrogens is 453 g/mol. The van der Waals surface area contributed by atoms with E-state index in [1.54, 1.807) is 18.4 Å². The standard InChI is InChI=1S/C17H16IN3O3S/c1-4-6-24-15-12(18)7-10(8-13(15)23-5-2)14-11(9-19)16(22)21-17(20-14)25-3/h4,7-8H,1,5-6H2,2-3H3,(H,20,21,22). The maximum absolute atomic E-state index is 12.1. The Bertz CT molecular complexity index is 890. The molecule has 1 heterocycles. The fourth-order valence-corrected chi connectivity index (χ4v) is 3.25. The number of rotatable bonds is 7. The van der Waals surface area contributed by atoms with Crippen molar-refractivity contribution in [3.05, 3.63) is 44.3 Å². The Hall–Kier alpha value is -1.99. The van der Waals surface area contributed by atoms with Crippen molar-refractivity contribution in [2.75, 3.05) is 19.5 Å². The van der Waals surface area contributed by atoms with Crippen LogP contribution in [0.5, 0.6) is 11.5 Å². The van der Waals surface area contributed by atoms with E-state index in [1.807, 2.05) is 19.1 Å². The number of H-pyrrole nitrogens is 1. The van der Waals surface area contributed by atoms with Crippen molar-refractivity contribution in [1.29, 1.82) is 5.26 Å². The lowest BCUT2D eigenvalue weighted by molar-refractivity contribution is 0.295. The van der Waals surface area contributed by atoms with Gasteiger partial charge in [-0.2, -0.15) is 5.26 Å². The lowest BCUT2D eigenvalue weighted by Gasteiger charge is -2.15. The zero-order chi connectivity index (χ0) is 18.4. The second-order valence-corrected chi connectivity index (χ2v) is 6.69. The van der Waals surface area contributed by atoms with Crippen LogP contribution in [0.1, 0.15) is 12.5 Å². The van der Waals surface area contributed by atoms with Gasteiger partial charge in [-0.3, -0.25) is 4.79 Å². The first-order chi connectivity index (χ1) is 12.0. The van der Waals surface area contributed by atoms with Gasteiger partial charge in [0, 0.05) is 5.56 Å². The number of benzene rings is 1. The summed E-state index contributed by atoms with van der Waals surface area (Å²) in [7, 11) is 0. The predicted octanol–water partition coefficient (Wildman–Crippen LogP) is 3.60. The number of ether oxygens (including phenoxy) is 2. The SMILES string of the molecule is C=CCOc1c(I)cc(-c2nc(SC)[nH]c(=O)c2C#N)cc1OCC. The summed E-state index contributed by atoms with van der Waals surface area (Å²) in [4.78, 5) is 19.1. The molecule has 2 aromatic rings. The molecule has 1 N–H and O–H groups in total. The lowest BCUT2D eigenvalue weighted by Crippen LogP contribution is -2.14. The molecular formula is C17H16IN3O3S. The maximum atomic E-state index is 12.1. The minimum atomic E-state index is -0.461. The molecule has 0 amide bonds. The van der Waals surface area contributed by atoms with Gasteiger partial charge in [0.15, 0.2) is 16.7 Å².